The molecule has 0 fully saturated rings. The smallest absolute Gasteiger partial charge is 0.272 e. The fourth-order valence-electron chi connectivity index (χ4n) is 4.41. The summed E-state index contributed by atoms with van der Waals surface area (Å²) < 4.78 is 3.65. The molecule has 0 radical (unpaired) electrons. The molecule has 4 rings (SSSR count). The zero-order chi connectivity index (χ0) is 25.7. The number of aryl methyl sites for hydroxylation is 1. The molecule has 2 aromatic carbocycles. The second-order valence-corrected chi connectivity index (χ2v) is 10.5. The molecule has 6 heteroatoms. The minimum absolute atomic E-state index is 0.0311. The predicted octanol–water partition coefficient (Wildman–Crippen LogP) is 6.32. The summed E-state index contributed by atoms with van der Waals surface area (Å²) >= 11 is 1.79. The van der Waals surface area contributed by atoms with Gasteiger partial charge in [-0.3, -0.25) is 9.59 Å². The van der Waals surface area contributed by atoms with Gasteiger partial charge in [0.1, 0.15) is 5.37 Å². The first kappa shape index (κ1) is 26.7. The third kappa shape index (κ3) is 8.60. The van der Waals surface area contributed by atoms with Crippen LogP contribution in [0.3, 0.4) is 0 Å². The van der Waals surface area contributed by atoms with E-state index in [2.05, 4.69) is 35.3 Å². The highest BCUT2D eigenvalue weighted by molar-refractivity contribution is 7.99. The van der Waals surface area contributed by atoms with Crippen LogP contribution in [0, 0.1) is 0 Å². The Morgan fingerprint density at radius 1 is 0.730 bits per heavy atom. The molecule has 2 aromatic heterocycles. The van der Waals surface area contributed by atoms with Gasteiger partial charge >= 0.3 is 0 Å². The van der Waals surface area contributed by atoms with Crippen LogP contribution in [0.4, 0.5) is 0 Å². The summed E-state index contributed by atoms with van der Waals surface area (Å²) in [6.07, 6.45) is 13.7. The Hall–Kier alpha value is -3.38. The van der Waals surface area contributed by atoms with Crippen LogP contribution in [0.5, 0.6) is 0 Å². The molecule has 0 bridgehead atoms. The van der Waals surface area contributed by atoms with Crippen LogP contribution in [-0.4, -0.2) is 19.9 Å². The number of thioether (sulfide) groups is 1. The molecule has 1 unspecified atom stereocenters. The Bertz CT molecular complexity index is 1320. The number of hydrogen-bond donors (Lipinski definition) is 0. The molecule has 0 N–H and O–H groups in total. The molecule has 192 valence electrons. The van der Waals surface area contributed by atoms with Gasteiger partial charge < -0.3 is 9.13 Å². The van der Waals surface area contributed by atoms with Crippen molar-refractivity contribution < 1.29 is 0 Å². The van der Waals surface area contributed by atoms with E-state index in [9.17, 15) is 9.59 Å². The first-order valence-electron chi connectivity index (χ1n) is 13.1. The van der Waals surface area contributed by atoms with Crippen molar-refractivity contribution in [2.45, 2.75) is 56.9 Å². The van der Waals surface area contributed by atoms with Crippen molar-refractivity contribution in [3.8, 4) is 0 Å². The van der Waals surface area contributed by atoms with Gasteiger partial charge in [0.25, 0.3) is 11.1 Å². The first-order valence-corrected chi connectivity index (χ1v) is 14.2. The number of aromatic nitrogens is 3. The standard InChI is InChI=1S/C31H35N3O2S/c35-29-19-21-34(25-32-29)31(28-18-20-33(30(36)23-28)24-27-16-10-6-11-17-27)37-22-12-4-2-1-3-7-13-26-14-8-5-9-15-26/h5-6,8-11,14-21,23,25,31H,1-4,7,12-13,22,24H2. The maximum Gasteiger partial charge on any atom is 0.272 e. The van der Waals surface area contributed by atoms with E-state index in [0.717, 1.165) is 29.7 Å². The average molecular weight is 514 g/mol. The van der Waals surface area contributed by atoms with Gasteiger partial charge in [-0.2, -0.15) is 4.98 Å². The van der Waals surface area contributed by atoms with Gasteiger partial charge in [-0.25, -0.2) is 0 Å². The van der Waals surface area contributed by atoms with E-state index in [-0.39, 0.29) is 16.5 Å². The lowest BCUT2D eigenvalue weighted by Crippen LogP contribution is -2.22. The number of benzene rings is 2. The Labute approximate surface area is 223 Å². The number of pyridine rings is 1. The van der Waals surface area contributed by atoms with Crippen LogP contribution in [-0.2, 0) is 13.0 Å². The molecule has 0 aliphatic rings. The molecule has 0 amide bonds. The van der Waals surface area contributed by atoms with Crippen molar-refractivity contribution in [2.75, 3.05) is 5.75 Å². The predicted molar refractivity (Wildman–Crippen MR) is 153 cm³/mol. The van der Waals surface area contributed by atoms with Gasteiger partial charge in [0, 0.05) is 24.5 Å². The van der Waals surface area contributed by atoms with Gasteiger partial charge in [0.2, 0.25) is 0 Å². The third-order valence-electron chi connectivity index (χ3n) is 6.46. The van der Waals surface area contributed by atoms with E-state index in [4.69, 9.17) is 0 Å². The SMILES string of the molecule is O=c1ccn(C(SCCCCCCCCc2ccccc2)c2ccn(Cc3ccccc3)c(=O)c2)cn1. The van der Waals surface area contributed by atoms with Crippen LogP contribution in [0.25, 0.3) is 0 Å². The minimum Gasteiger partial charge on any atom is -0.322 e. The molecule has 0 aliphatic heterocycles. The van der Waals surface area contributed by atoms with Crippen molar-refractivity contribution in [1.82, 2.24) is 14.1 Å². The van der Waals surface area contributed by atoms with E-state index < -0.39 is 0 Å². The summed E-state index contributed by atoms with van der Waals surface area (Å²) in [5.74, 6) is 0.980. The molecule has 2 heterocycles. The Kier molecular flexibility index (Phi) is 10.4. The van der Waals surface area contributed by atoms with E-state index in [1.807, 2.05) is 47.2 Å². The maximum atomic E-state index is 12.9. The van der Waals surface area contributed by atoms with E-state index in [1.165, 1.54) is 43.7 Å². The lowest BCUT2D eigenvalue weighted by Gasteiger charge is -2.20. The van der Waals surface area contributed by atoms with E-state index >= 15 is 0 Å². The average Bonchev–Trinajstić information content (AvgIpc) is 2.93. The Morgan fingerprint density at radius 2 is 1.41 bits per heavy atom. The molecular weight excluding hydrogens is 478 g/mol. The summed E-state index contributed by atoms with van der Waals surface area (Å²) in [5, 5.41) is -0.0990. The van der Waals surface area contributed by atoms with Crippen molar-refractivity contribution in [3.63, 3.8) is 0 Å². The van der Waals surface area contributed by atoms with Gasteiger partial charge in [0.05, 0.1) is 12.9 Å². The normalized spacial score (nSPS) is 11.9. The van der Waals surface area contributed by atoms with Crippen LogP contribution < -0.4 is 11.1 Å². The summed E-state index contributed by atoms with van der Waals surface area (Å²) in [4.78, 5) is 28.4. The highest BCUT2D eigenvalue weighted by atomic mass is 32.2. The van der Waals surface area contributed by atoms with Gasteiger partial charge in [-0.05, 0) is 47.8 Å². The molecule has 1 atom stereocenters. The summed E-state index contributed by atoms with van der Waals surface area (Å²) in [6, 6.07) is 25.9. The van der Waals surface area contributed by atoms with Gasteiger partial charge in [0.15, 0.2) is 0 Å². The fourth-order valence-corrected chi connectivity index (χ4v) is 5.64. The van der Waals surface area contributed by atoms with E-state index in [0.29, 0.717) is 6.54 Å². The van der Waals surface area contributed by atoms with Gasteiger partial charge in [-0.1, -0.05) is 86.3 Å². The summed E-state index contributed by atoms with van der Waals surface area (Å²) in [6.45, 7) is 0.544. The Balaban J connectivity index is 1.28. The lowest BCUT2D eigenvalue weighted by molar-refractivity contribution is 0.608. The fraction of sp³-hybridized carbons (Fsp3) is 0.323. The topological polar surface area (TPSA) is 56.9 Å². The van der Waals surface area contributed by atoms with Crippen LogP contribution >= 0.6 is 11.8 Å². The number of hydrogen-bond acceptors (Lipinski definition) is 4. The second-order valence-electron chi connectivity index (χ2n) is 9.34. The van der Waals surface area contributed by atoms with Crippen molar-refractivity contribution >= 4 is 11.8 Å². The van der Waals surface area contributed by atoms with Crippen molar-refractivity contribution in [2.24, 2.45) is 0 Å². The molecule has 0 spiro atoms. The number of rotatable bonds is 14. The minimum atomic E-state index is -0.259. The lowest BCUT2D eigenvalue weighted by atomic mass is 10.1. The number of nitrogens with zero attached hydrogens (tertiary/aromatic N) is 3. The molecule has 4 aromatic rings. The zero-order valence-corrected chi connectivity index (χ0v) is 22.1. The molecular formula is C31H35N3O2S. The van der Waals surface area contributed by atoms with Crippen LogP contribution in [0.2, 0.25) is 0 Å². The maximum absolute atomic E-state index is 12.9. The van der Waals surface area contributed by atoms with Gasteiger partial charge in [-0.15, -0.1) is 11.8 Å². The second kappa shape index (κ2) is 14.4. The van der Waals surface area contributed by atoms with Crippen LogP contribution in [0.1, 0.15) is 60.6 Å². The quantitative estimate of drug-likeness (QED) is 0.185. The zero-order valence-electron chi connectivity index (χ0n) is 21.2. The van der Waals surface area contributed by atoms with Crippen LogP contribution in [0.15, 0.2) is 107 Å². The molecule has 0 saturated heterocycles. The summed E-state index contributed by atoms with van der Waals surface area (Å²) in [7, 11) is 0. The largest absolute Gasteiger partial charge is 0.322 e. The van der Waals surface area contributed by atoms with Crippen molar-refractivity contribution in [3.05, 3.63) is 135 Å². The first-order chi connectivity index (χ1) is 18.2. The Morgan fingerprint density at radius 3 is 2.08 bits per heavy atom. The molecule has 0 saturated carbocycles. The highest BCUT2D eigenvalue weighted by Crippen LogP contribution is 2.30. The monoisotopic (exact) mass is 513 g/mol. The number of unbranched alkanes of at least 4 members (excludes halogenated alkanes) is 5. The highest BCUT2D eigenvalue weighted by Gasteiger charge is 2.15. The molecule has 0 aliphatic carbocycles. The molecule has 37 heavy (non-hydrogen) atoms. The molecule has 5 nitrogen and oxygen atoms in total. The van der Waals surface area contributed by atoms with E-state index in [1.54, 1.807) is 34.9 Å². The summed E-state index contributed by atoms with van der Waals surface area (Å²) in [5.41, 5.74) is 3.15. The third-order valence-corrected chi connectivity index (χ3v) is 7.81. The van der Waals surface area contributed by atoms with Crippen molar-refractivity contribution in [1.29, 1.82) is 0 Å².